The molecule has 0 aliphatic carbocycles. The van der Waals surface area contributed by atoms with Crippen molar-refractivity contribution in [3.63, 3.8) is 0 Å². The molecule has 0 radical (unpaired) electrons. The first-order chi connectivity index (χ1) is 11.4. The first-order valence-corrected chi connectivity index (χ1v) is 7.07. The summed E-state index contributed by atoms with van der Waals surface area (Å²) < 4.78 is 0. The van der Waals surface area contributed by atoms with Gasteiger partial charge in [0.05, 0.1) is 16.7 Å². The summed E-state index contributed by atoms with van der Waals surface area (Å²) in [7, 11) is 0. The molecule has 7 nitrogen and oxygen atoms in total. The second-order valence-corrected chi connectivity index (χ2v) is 5.18. The highest BCUT2D eigenvalue weighted by Crippen LogP contribution is 2.31. The largest absolute Gasteiger partial charge is 0.391 e. The van der Waals surface area contributed by atoms with Crippen LogP contribution in [0.2, 0.25) is 0 Å². The molecule has 0 saturated heterocycles. The van der Waals surface area contributed by atoms with Gasteiger partial charge in [0, 0.05) is 24.5 Å². The van der Waals surface area contributed by atoms with E-state index in [9.17, 15) is 15.2 Å². The minimum absolute atomic E-state index is 0.0114. The molecule has 24 heavy (non-hydrogen) atoms. The van der Waals surface area contributed by atoms with E-state index in [-0.39, 0.29) is 23.0 Å². The quantitative estimate of drug-likeness (QED) is 0.427. The summed E-state index contributed by atoms with van der Waals surface area (Å²) in [6.45, 7) is 0. The van der Waals surface area contributed by atoms with Crippen molar-refractivity contribution >= 4 is 11.4 Å². The SMILES string of the molecule is C#CCC(O)C(c1ccc(N(O)O)cc1)c1ccc([N+](=O)[O-])cc1. The average molecular weight is 328 g/mol. The summed E-state index contributed by atoms with van der Waals surface area (Å²) in [4.78, 5) is 10.3. The van der Waals surface area contributed by atoms with Gasteiger partial charge in [-0.1, -0.05) is 24.3 Å². The number of hydrogen-bond acceptors (Lipinski definition) is 6. The van der Waals surface area contributed by atoms with Gasteiger partial charge >= 0.3 is 0 Å². The van der Waals surface area contributed by atoms with E-state index in [0.717, 1.165) is 0 Å². The Labute approximate surface area is 138 Å². The maximum absolute atomic E-state index is 10.8. The van der Waals surface area contributed by atoms with Gasteiger partial charge in [-0.25, -0.2) is 0 Å². The van der Waals surface area contributed by atoms with Crippen molar-refractivity contribution in [1.29, 1.82) is 0 Å². The van der Waals surface area contributed by atoms with E-state index in [1.54, 1.807) is 24.3 Å². The molecule has 7 heteroatoms. The lowest BCUT2D eigenvalue weighted by Crippen LogP contribution is -2.19. The number of nitro benzene ring substituents is 1. The smallest absolute Gasteiger partial charge is 0.269 e. The Kier molecular flexibility index (Phi) is 5.50. The highest BCUT2D eigenvalue weighted by Gasteiger charge is 2.23. The molecule has 0 fully saturated rings. The van der Waals surface area contributed by atoms with Crippen LogP contribution in [0.4, 0.5) is 11.4 Å². The van der Waals surface area contributed by atoms with Gasteiger partial charge in [-0.2, -0.15) is 0 Å². The van der Waals surface area contributed by atoms with Crippen LogP contribution in [0, 0.1) is 22.5 Å². The predicted octanol–water partition coefficient (Wildman–Crippen LogP) is 2.70. The number of anilines is 1. The Balaban J connectivity index is 2.41. The van der Waals surface area contributed by atoms with E-state index in [2.05, 4.69) is 5.92 Å². The monoisotopic (exact) mass is 328 g/mol. The molecule has 2 aromatic rings. The Morgan fingerprint density at radius 3 is 2.00 bits per heavy atom. The second-order valence-electron chi connectivity index (χ2n) is 5.18. The van der Waals surface area contributed by atoms with Crippen molar-refractivity contribution in [2.24, 2.45) is 0 Å². The van der Waals surface area contributed by atoms with E-state index in [1.165, 1.54) is 24.3 Å². The summed E-state index contributed by atoms with van der Waals surface area (Å²) in [5.41, 5.74) is 1.47. The van der Waals surface area contributed by atoms with Crippen molar-refractivity contribution < 1.29 is 20.4 Å². The van der Waals surface area contributed by atoms with Gasteiger partial charge in [0.25, 0.3) is 5.69 Å². The van der Waals surface area contributed by atoms with Gasteiger partial charge in [-0.05, 0) is 23.3 Å². The lowest BCUT2D eigenvalue weighted by Gasteiger charge is -2.23. The first-order valence-electron chi connectivity index (χ1n) is 7.07. The zero-order valence-corrected chi connectivity index (χ0v) is 12.6. The van der Waals surface area contributed by atoms with E-state index < -0.39 is 16.9 Å². The third kappa shape index (κ3) is 3.88. The molecule has 2 rings (SSSR count). The normalized spacial score (nSPS) is 12.9. The van der Waals surface area contributed by atoms with Gasteiger partial charge in [0.1, 0.15) is 0 Å². The van der Waals surface area contributed by atoms with Crippen molar-refractivity contribution in [1.82, 2.24) is 0 Å². The molecule has 3 N–H and O–H groups in total. The molecule has 0 spiro atoms. The average Bonchev–Trinajstić information content (AvgIpc) is 2.56. The molecule has 0 amide bonds. The first kappa shape index (κ1) is 17.4. The summed E-state index contributed by atoms with van der Waals surface area (Å²) in [5, 5.41) is 39.1. The number of terminal acetylenes is 1. The summed E-state index contributed by atoms with van der Waals surface area (Å²) in [6, 6.07) is 12.1. The van der Waals surface area contributed by atoms with Crippen molar-refractivity contribution in [2.45, 2.75) is 18.4 Å². The number of nitro groups is 1. The Hall–Kier alpha value is -2.92. The van der Waals surface area contributed by atoms with Crippen LogP contribution < -0.4 is 5.23 Å². The van der Waals surface area contributed by atoms with Gasteiger partial charge in [-0.15, -0.1) is 17.6 Å². The minimum Gasteiger partial charge on any atom is -0.391 e. The van der Waals surface area contributed by atoms with Crippen LogP contribution in [0.25, 0.3) is 0 Å². The van der Waals surface area contributed by atoms with Crippen LogP contribution >= 0.6 is 0 Å². The van der Waals surface area contributed by atoms with Gasteiger partial charge in [-0.3, -0.25) is 20.5 Å². The van der Waals surface area contributed by atoms with Gasteiger partial charge in [0.15, 0.2) is 0 Å². The highest BCUT2D eigenvalue weighted by atomic mass is 16.8. The highest BCUT2D eigenvalue weighted by molar-refractivity contribution is 5.46. The molecule has 0 heterocycles. The fourth-order valence-electron chi connectivity index (χ4n) is 2.49. The molecule has 0 saturated carbocycles. The lowest BCUT2D eigenvalue weighted by atomic mass is 9.85. The van der Waals surface area contributed by atoms with E-state index in [0.29, 0.717) is 11.1 Å². The molecular formula is C17H16N2O5. The van der Waals surface area contributed by atoms with Crippen LogP contribution in [0.5, 0.6) is 0 Å². The van der Waals surface area contributed by atoms with Crippen LogP contribution in [0.15, 0.2) is 48.5 Å². The van der Waals surface area contributed by atoms with Gasteiger partial charge in [0.2, 0.25) is 0 Å². The van der Waals surface area contributed by atoms with Crippen LogP contribution in [-0.4, -0.2) is 26.5 Å². The number of hydrogen-bond donors (Lipinski definition) is 3. The summed E-state index contributed by atoms with van der Waals surface area (Å²) in [6.07, 6.45) is 4.50. The molecular weight excluding hydrogens is 312 g/mol. The number of aliphatic hydroxyl groups excluding tert-OH is 1. The lowest BCUT2D eigenvalue weighted by molar-refractivity contribution is -0.384. The summed E-state index contributed by atoms with van der Waals surface area (Å²) >= 11 is 0. The maximum Gasteiger partial charge on any atom is 0.269 e. The fraction of sp³-hybridized carbons (Fsp3) is 0.176. The van der Waals surface area contributed by atoms with Crippen LogP contribution in [-0.2, 0) is 0 Å². The number of benzene rings is 2. The summed E-state index contributed by atoms with van der Waals surface area (Å²) in [5.74, 6) is 1.90. The van der Waals surface area contributed by atoms with E-state index >= 15 is 0 Å². The number of rotatable bonds is 6. The molecule has 0 aromatic heterocycles. The molecule has 2 unspecified atom stereocenters. The molecule has 0 aliphatic heterocycles. The molecule has 2 aromatic carbocycles. The zero-order chi connectivity index (χ0) is 17.7. The van der Waals surface area contributed by atoms with Crippen LogP contribution in [0.1, 0.15) is 23.5 Å². The topological polar surface area (TPSA) is 107 Å². The number of aliphatic hydroxyl groups is 1. The van der Waals surface area contributed by atoms with E-state index in [1.807, 2.05) is 0 Å². The van der Waals surface area contributed by atoms with Crippen molar-refractivity contribution in [3.05, 3.63) is 69.8 Å². The van der Waals surface area contributed by atoms with Crippen molar-refractivity contribution in [3.8, 4) is 12.3 Å². The number of nitrogens with zero attached hydrogens (tertiary/aromatic N) is 2. The molecule has 124 valence electrons. The fourth-order valence-corrected chi connectivity index (χ4v) is 2.49. The third-order valence-electron chi connectivity index (χ3n) is 3.66. The predicted molar refractivity (Wildman–Crippen MR) is 86.9 cm³/mol. The minimum atomic E-state index is -0.887. The Morgan fingerprint density at radius 1 is 1.08 bits per heavy atom. The molecule has 0 bridgehead atoms. The van der Waals surface area contributed by atoms with Gasteiger partial charge < -0.3 is 5.11 Å². The Bertz CT molecular complexity index is 735. The third-order valence-corrected chi connectivity index (χ3v) is 3.66. The van der Waals surface area contributed by atoms with E-state index in [4.69, 9.17) is 16.8 Å². The second kappa shape index (κ2) is 7.57. The standard InChI is InChI=1S/C17H16N2O5/c1-2-3-16(20)17(12-4-8-14(9-5-12)18(21)22)13-6-10-15(11-7-13)19(23)24/h1,4-11,16-17,20-22H,3H2. The number of non-ortho nitro benzene ring substituents is 1. The molecule has 2 atom stereocenters. The maximum atomic E-state index is 10.8. The molecule has 0 aliphatic rings. The zero-order valence-electron chi connectivity index (χ0n) is 12.6. The van der Waals surface area contributed by atoms with Crippen molar-refractivity contribution in [2.75, 3.05) is 5.23 Å². The van der Waals surface area contributed by atoms with Crippen LogP contribution in [0.3, 0.4) is 0 Å². The Morgan fingerprint density at radius 2 is 1.58 bits per heavy atom.